The van der Waals surface area contributed by atoms with Crippen molar-refractivity contribution in [3.8, 4) is 11.1 Å². The second-order valence-electron chi connectivity index (χ2n) is 7.63. The number of benzene rings is 2. The van der Waals surface area contributed by atoms with Crippen LogP contribution in [-0.2, 0) is 9.53 Å². The quantitative estimate of drug-likeness (QED) is 0.505. The average Bonchev–Trinajstić information content (AvgIpc) is 3.14. The smallest absolute Gasteiger partial charge is 0.412 e. The van der Waals surface area contributed by atoms with Gasteiger partial charge < -0.3 is 15.2 Å². The highest BCUT2D eigenvalue weighted by atomic mass is 16.5. The monoisotopic (exact) mass is 445 g/mol. The normalized spacial score (nSPS) is 12.9. The Hall–Kier alpha value is -4.20. The van der Waals surface area contributed by atoms with Crippen LogP contribution in [-0.4, -0.2) is 40.7 Å². The van der Waals surface area contributed by atoms with Crippen molar-refractivity contribution in [3.63, 3.8) is 0 Å². The maximum absolute atomic E-state index is 12.4. The van der Waals surface area contributed by atoms with E-state index in [-0.39, 0.29) is 30.5 Å². The van der Waals surface area contributed by atoms with Gasteiger partial charge in [-0.3, -0.25) is 10.1 Å². The number of carboxylic acid groups (broad SMARTS) is 1. The Balaban J connectivity index is 1.41. The van der Waals surface area contributed by atoms with E-state index < -0.39 is 24.0 Å². The molecule has 4 rings (SSSR count). The molecule has 8 heteroatoms. The van der Waals surface area contributed by atoms with Gasteiger partial charge in [-0.05, 0) is 40.8 Å². The molecule has 0 spiro atoms. The molecule has 168 valence electrons. The van der Waals surface area contributed by atoms with E-state index in [4.69, 9.17) is 9.84 Å². The number of amides is 2. The number of carbonyl (C=O) groups is 3. The van der Waals surface area contributed by atoms with Gasteiger partial charge in [-0.15, -0.1) is 0 Å². The molecule has 1 atom stereocenters. The summed E-state index contributed by atoms with van der Waals surface area (Å²) < 4.78 is 5.49. The first kappa shape index (κ1) is 22.0. The predicted molar refractivity (Wildman–Crippen MR) is 122 cm³/mol. The number of anilines is 1. The topological polar surface area (TPSA) is 118 Å². The lowest BCUT2D eigenvalue weighted by Gasteiger charge is -2.15. The number of hydrogen-bond acceptors (Lipinski definition) is 5. The van der Waals surface area contributed by atoms with Crippen molar-refractivity contribution >= 4 is 23.8 Å². The second-order valence-corrected chi connectivity index (χ2v) is 7.63. The van der Waals surface area contributed by atoms with Crippen LogP contribution in [0.1, 0.15) is 40.9 Å². The molecule has 1 aliphatic rings. The van der Waals surface area contributed by atoms with Crippen molar-refractivity contribution in [1.29, 1.82) is 0 Å². The maximum atomic E-state index is 12.4. The molecule has 33 heavy (non-hydrogen) atoms. The molecular formula is C25H23N3O5. The molecule has 0 fully saturated rings. The van der Waals surface area contributed by atoms with Crippen LogP contribution in [0.15, 0.2) is 66.7 Å². The molecule has 0 bridgehead atoms. The fourth-order valence-corrected chi connectivity index (χ4v) is 3.94. The largest absolute Gasteiger partial charge is 0.480 e. The van der Waals surface area contributed by atoms with Gasteiger partial charge in [0.2, 0.25) is 0 Å². The van der Waals surface area contributed by atoms with Crippen LogP contribution in [0.5, 0.6) is 0 Å². The third-order valence-electron chi connectivity index (χ3n) is 5.57. The summed E-state index contributed by atoms with van der Waals surface area (Å²) in [5.74, 6) is -1.71. The summed E-state index contributed by atoms with van der Waals surface area (Å²) in [4.78, 5) is 40.0. The first-order valence-corrected chi connectivity index (χ1v) is 10.6. The van der Waals surface area contributed by atoms with E-state index in [9.17, 15) is 14.4 Å². The highest BCUT2D eigenvalue weighted by Gasteiger charge is 2.29. The molecule has 2 aromatic carbocycles. The van der Waals surface area contributed by atoms with Gasteiger partial charge in [-0.2, -0.15) is 0 Å². The van der Waals surface area contributed by atoms with Crippen molar-refractivity contribution in [1.82, 2.24) is 10.3 Å². The first-order chi connectivity index (χ1) is 16.0. The second kappa shape index (κ2) is 9.52. The lowest BCUT2D eigenvalue weighted by atomic mass is 9.98. The Morgan fingerprint density at radius 2 is 1.61 bits per heavy atom. The molecule has 0 saturated carbocycles. The van der Waals surface area contributed by atoms with Crippen LogP contribution >= 0.6 is 0 Å². The van der Waals surface area contributed by atoms with E-state index in [1.807, 2.05) is 36.4 Å². The van der Waals surface area contributed by atoms with Crippen LogP contribution < -0.4 is 10.6 Å². The Morgan fingerprint density at radius 3 is 2.21 bits per heavy atom. The van der Waals surface area contributed by atoms with Crippen LogP contribution in [0, 0.1) is 0 Å². The number of ether oxygens (including phenoxy) is 1. The summed E-state index contributed by atoms with van der Waals surface area (Å²) in [6.45, 7) is 1.80. The van der Waals surface area contributed by atoms with Crippen LogP contribution in [0.2, 0.25) is 0 Å². The number of aliphatic carboxylic acids is 1. The van der Waals surface area contributed by atoms with Crippen molar-refractivity contribution in [2.24, 2.45) is 0 Å². The van der Waals surface area contributed by atoms with E-state index >= 15 is 0 Å². The molecule has 0 aliphatic heterocycles. The number of carbonyl (C=O) groups excluding carboxylic acids is 2. The summed E-state index contributed by atoms with van der Waals surface area (Å²) in [5, 5.41) is 14.0. The van der Waals surface area contributed by atoms with Gasteiger partial charge in [-0.25, -0.2) is 14.6 Å². The zero-order chi connectivity index (χ0) is 23.4. The van der Waals surface area contributed by atoms with Gasteiger partial charge in [-0.1, -0.05) is 61.5 Å². The van der Waals surface area contributed by atoms with E-state index in [0.717, 1.165) is 22.3 Å². The summed E-state index contributed by atoms with van der Waals surface area (Å²) in [6, 6.07) is 19.6. The molecule has 2 amide bonds. The third kappa shape index (κ3) is 4.69. The zero-order valence-corrected chi connectivity index (χ0v) is 17.9. The molecule has 0 saturated heterocycles. The van der Waals surface area contributed by atoms with Crippen molar-refractivity contribution in [2.45, 2.75) is 25.3 Å². The van der Waals surface area contributed by atoms with E-state index in [1.165, 1.54) is 12.1 Å². The molecule has 8 nitrogen and oxygen atoms in total. The maximum Gasteiger partial charge on any atom is 0.412 e. The summed E-state index contributed by atoms with van der Waals surface area (Å²) in [5.41, 5.74) is 4.47. The Labute approximate surface area is 190 Å². The summed E-state index contributed by atoms with van der Waals surface area (Å²) in [7, 11) is 0. The predicted octanol–water partition coefficient (Wildman–Crippen LogP) is 4.04. The number of pyridine rings is 1. The third-order valence-corrected chi connectivity index (χ3v) is 5.57. The fraction of sp³-hybridized carbons (Fsp3) is 0.200. The number of aromatic nitrogens is 1. The van der Waals surface area contributed by atoms with Gasteiger partial charge >= 0.3 is 12.1 Å². The fourth-order valence-electron chi connectivity index (χ4n) is 3.94. The SMILES string of the molecule is CC[C@H](NC(=O)c1cccc(NC(=O)OCC2c3ccccc3-c3ccccc32)n1)C(=O)O. The van der Waals surface area contributed by atoms with E-state index in [1.54, 1.807) is 13.0 Å². The van der Waals surface area contributed by atoms with Gasteiger partial charge in [0.05, 0.1) is 0 Å². The number of rotatable bonds is 7. The Morgan fingerprint density at radius 1 is 0.970 bits per heavy atom. The number of nitrogens with zero attached hydrogens (tertiary/aromatic N) is 1. The van der Waals surface area contributed by atoms with Gasteiger partial charge in [0, 0.05) is 5.92 Å². The number of nitrogens with one attached hydrogen (secondary N) is 2. The standard InChI is InChI=1S/C25H23N3O5/c1-2-20(24(30)31)27-23(29)21-12-7-13-22(26-21)28-25(32)33-14-19-17-10-5-3-8-15(17)16-9-4-6-11-18(16)19/h3-13,19-20H,2,14H2,1H3,(H,27,29)(H,30,31)(H,26,28,32)/t20-/m0/s1. The summed E-state index contributed by atoms with van der Waals surface area (Å²) in [6.07, 6.45) is -0.461. The molecule has 0 radical (unpaired) electrons. The van der Waals surface area contributed by atoms with E-state index in [2.05, 4.69) is 27.8 Å². The molecule has 0 unspecified atom stereocenters. The minimum Gasteiger partial charge on any atom is -0.480 e. The van der Waals surface area contributed by atoms with Crippen molar-refractivity contribution in [2.75, 3.05) is 11.9 Å². The van der Waals surface area contributed by atoms with Crippen molar-refractivity contribution in [3.05, 3.63) is 83.6 Å². The van der Waals surface area contributed by atoms with Crippen molar-refractivity contribution < 1.29 is 24.2 Å². The van der Waals surface area contributed by atoms with Crippen LogP contribution in [0.3, 0.4) is 0 Å². The highest BCUT2D eigenvalue weighted by molar-refractivity contribution is 5.95. The minimum atomic E-state index is -1.13. The summed E-state index contributed by atoms with van der Waals surface area (Å²) >= 11 is 0. The van der Waals surface area contributed by atoms with Crippen LogP contribution in [0.25, 0.3) is 11.1 Å². The minimum absolute atomic E-state index is 0.00820. The van der Waals surface area contributed by atoms with Gasteiger partial charge in [0.15, 0.2) is 0 Å². The lowest BCUT2D eigenvalue weighted by molar-refractivity contribution is -0.139. The number of carboxylic acids is 1. The molecule has 1 aliphatic carbocycles. The Kier molecular flexibility index (Phi) is 6.35. The zero-order valence-electron chi connectivity index (χ0n) is 17.9. The first-order valence-electron chi connectivity index (χ1n) is 10.6. The number of hydrogen-bond donors (Lipinski definition) is 3. The van der Waals surface area contributed by atoms with Gasteiger partial charge in [0.1, 0.15) is 24.2 Å². The van der Waals surface area contributed by atoms with Crippen LogP contribution in [0.4, 0.5) is 10.6 Å². The average molecular weight is 445 g/mol. The number of fused-ring (bicyclic) bond motifs is 3. The molecule has 1 aromatic heterocycles. The highest BCUT2D eigenvalue weighted by Crippen LogP contribution is 2.44. The van der Waals surface area contributed by atoms with Gasteiger partial charge in [0.25, 0.3) is 5.91 Å². The Bertz CT molecular complexity index is 1160. The molecule has 3 aromatic rings. The van der Waals surface area contributed by atoms with E-state index in [0.29, 0.717) is 0 Å². The lowest BCUT2D eigenvalue weighted by Crippen LogP contribution is -2.40. The molecule has 1 heterocycles. The molecular weight excluding hydrogens is 422 g/mol. The molecule has 3 N–H and O–H groups in total.